The molecule has 0 saturated heterocycles. The van der Waals surface area contributed by atoms with Crippen LogP contribution >= 0.6 is 0 Å². The minimum atomic E-state index is -0.0325. The standard InChI is InChI=1S/C13H13N5/c1-9(11-4-2-3-6-16-11)18-13-12(15)10(8-14)5-7-17-13/h2-7,9H,15H2,1H3,(H,17,18). The van der Waals surface area contributed by atoms with Crippen LogP contribution in [0.4, 0.5) is 11.5 Å². The quantitative estimate of drug-likeness (QED) is 0.856. The summed E-state index contributed by atoms with van der Waals surface area (Å²) in [6.07, 6.45) is 3.29. The number of nitrogen functional groups attached to an aromatic ring is 1. The molecule has 0 aliphatic carbocycles. The van der Waals surface area contributed by atoms with Crippen LogP contribution in [-0.4, -0.2) is 9.97 Å². The molecule has 0 saturated carbocycles. The highest BCUT2D eigenvalue weighted by molar-refractivity contribution is 5.69. The number of anilines is 2. The van der Waals surface area contributed by atoms with Crippen molar-refractivity contribution in [1.82, 2.24) is 9.97 Å². The molecular weight excluding hydrogens is 226 g/mol. The first-order valence-corrected chi connectivity index (χ1v) is 5.54. The largest absolute Gasteiger partial charge is 0.395 e. The molecule has 2 aromatic heterocycles. The average Bonchev–Trinajstić information content (AvgIpc) is 2.42. The maximum Gasteiger partial charge on any atom is 0.151 e. The van der Waals surface area contributed by atoms with Gasteiger partial charge in [0.25, 0.3) is 0 Å². The molecule has 0 aliphatic heterocycles. The first-order valence-electron chi connectivity index (χ1n) is 5.54. The zero-order valence-corrected chi connectivity index (χ0v) is 9.96. The van der Waals surface area contributed by atoms with E-state index in [1.165, 1.54) is 0 Å². The Bertz CT molecular complexity index is 574. The van der Waals surface area contributed by atoms with E-state index in [2.05, 4.69) is 15.3 Å². The molecule has 0 bridgehead atoms. The second-order valence-electron chi connectivity index (χ2n) is 3.85. The molecule has 2 aromatic rings. The molecule has 0 aliphatic rings. The first kappa shape index (κ1) is 11.9. The van der Waals surface area contributed by atoms with Crippen molar-refractivity contribution in [3.63, 3.8) is 0 Å². The highest BCUT2D eigenvalue weighted by Gasteiger charge is 2.11. The predicted octanol–water partition coefficient (Wildman–Crippen LogP) is 2.10. The fourth-order valence-electron chi connectivity index (χ4n) is 1.60. The van der Waals surface area contributed by atoms with Gasteiger partial charge in [0.1, 0.15) is 6.07 Å². The Morgan fingerprint density at radius 2 is 2.11 bits per heavy atom. The maximum absolute atomic E-state index is 8.90. The molecule has 2 heterocycles. The fourth-order valence-corrected chi connectivity index (χ4v) is 1.60. The van der Waals surface area contributed by atoms with E-state index in [0.29, 0.717) is 17.1 Å². The second-order valence-corrected chi connectivity index (χ2v) is 3.85. The number of rotatable bonds is 3. The summed E-state index contributed by atoms with van der Waals surface area (Å²) >= 11 is 0. The van der Waals surface area contributed by atoms with Crippen LogP contribution < -0.4 is 11.1 Å². The van der Waals surface area contributed by atoms with Crippen LogP contribution in [0.25, 0.3) is 0 Å². The lowest BCUT2D eigenvalue weighted by atomic mass is 10.2. The number of nitrogens with one attached hydrogen (secondary N) is 1. The van der Waals surface area contributed by atoms with Gasteiger partial charge >= 0.3 is 0 Å². The third-order valence-electron chi connectivity index (χ3n) is 2.60. The summed E-state index contributed by atoms with van der Waals surface area (Å²) in [6, 6.07) is 9.28. The van der Waals surface area contributed by atoms with Crippen molar-refractivity contribution in [1.29, 1.82) is 5.26 Å². The Morgan fingerprint density at radius 1 is 1.28 bits per heavy atom. The van der Waals surface area contributed by atoms with Gasteiger partial charge in [-0.2, -0.15) is 5.26 Å². The van der Waals surface area contributed by atoms with Gasteiger partial charge in [0.15, 0.2) is 5.82 Å². The molecule has 1 atom stereocenters. The van der Waals surface area contributed by atoms with Crippen LogP contribution in [0, 0.1) is 11.3 Å². The summed E-state index contributed by atoms with van der Waals surface area (Å²) in [7, 11) is 0. The predicted molar refractivity (Wildman–Crippen MR) is 69.6 cm³/mol. The van der Waals surface area contributed by atoms with Gasteiger partial charge in [0.2, 0.25) is 0 Å². The summed E-state index contributed by atoms with van der Waals surface area (Å²) in [4.78, 5) is 8.39. The summed E-state index contributed by atoms with van der Waals surface area (Å²) in [5.41, 5.74) is 7.52. The molecule has 0 aromatic carbocycles. The van der Waals surface area contributed by atoms with E-state index in [1.807, 2.05) is 31.2 Å². The Labute approximate surface area is 105 Å². The van der Waals surface area contributed by atoms with E-state index in [1.54, 1.807) is 18.5 Å². The molecule has 18 heavy (non-hydrogen) atoms. The van der Waals surface area contributed by atoms with Gasteiger partial charge in [-0.25, -0.2) is 4.98 Å². The van der Waals surface area contributed by atoms with E-state index >= 15 is 0 Å². The Kier molecular flexibility index (Phi) is 3.39. The third-order valence-corrected chi connectivity index (χ3v) is 2.60. The molecule has 1 unspecified atom stereocenters. The topological polar surface area (TPSA) is 87.6 Å². The van der Waals surface area contributed by atoms with Crippen LogP contribution in [0.15, 0.2) is 36.7 Å². The Morgan fingerprint density at radius 3 is 2.78 bits per heavy atom. The van der Waals surface area contributed by atoms with Crippen molar-refractivity contribution in [2.45, 2.75) is 13.0 Å². The molecule has 0 spiro atoms. The van der Waals surface area contributed by atoms with Gasteiger partial charge in [-0.3, -0.25) is 4.98 Å². The van der Waals surface area contributed by atoms with Gasteiger partial charge < -0.3 is 11.1 Å². The zero-order chi connectivity index (χ0) is 13.0. The van der Waals surface area contributed by atoms with E-state index in [9.17, 15) is 0 Å². The van der Waals surface area contributed by atoms with Crippen molar-refractivity contribution in [2.75, 3.05) is 11.1 Å². The maximum atomic E-state index is 8.90. The van der Waals surface area contributed by atoms with Crippen LogP contribution in [0.1, 0.15) is 24.2 Å². The van der Waals surface area contributed by atoms with Gasteiger partial charge in [0.05, 0.1) is 23.0 Å². The highest BCUT2D eigenvalue weighted by atomic mass is 15.0. The Balaban J connectivity index is 2.23. The number of pyridine rings is 2. The number of aromatic nitrogens is 2. The molecule has 5 heteroatoms. The number of hydrogen-bond donors (Lipinski definition) is 2. The zero-order valence-electron chi connectivity index (χ0n) is 9.96. The molecule has 0 amide bonds. The normalized spacial score (nSPS) is 11.6. The van der Waals surface area contributed by atoms with Gasteiger partial charge in [0, 0.05) is 12.4 Å². The minimum Gasteiger partial charge on any atom is -0.395 e. The SMILES string of the molecule is CC(Nc1nccc(C#N)c1N)c1ccccn1. The van der Waals surface area contributed by atoms with Crippen LogP contribution in [0.5, 0.6) is 0 Å². The number of nitrogens with two attached hydrogens (primary N) is 1. The number of nitrogens with zero attached hydrogens (tertiary/aromatic N) is 3. The van der Waals surface area contributed by atoms with Crippen molar-refractivity contribution in [2.24, 2.45) is 0 Å². The summed E-state index contributed by atoms with van der Waals surface area (Å²) in [6.45, 7) is 1.96. The van der Waals surface area contributed by atoms with Crippen molar-refractivity contribution in [3.05, 3.63) is 47.9 Å². The summed E-state index contributed by atoms with van der Waals surface area (Å²) in [5, 5.41) is 12.0. The van der Waals surface area contributed by atoms with E-state index in [-0.39, 0.29) is 6.04 Å². The second kappa shape index (κ2) is 5.15. The van der Waals surface area contributed by atoms with Gasteiger partial charge in [-0.05, 0) is 25.1 Å². The molecule has 90 valence electrons. The molecule has 2 rings (SSSR count). The van der Waals surface area contributed by atoms with Crippen LogP contribution in [0.3, 0.4) is 0 Å². The molecular formula is C13H13N5. The summed E-state index contributed by atoms with van der Waals surface area (Å²) in [5.74, 6) is 0.507. The van der Waals surface area contributed by atoms with Crippen LogP contribution in [-0.2, 0) is 0 Å². The van der Waals surface area contributed by atoms with E-state index in [4.69, 9.17) is 11.0 Å². The fraction of sp³-hybridized carbons (Fsp3) is 0.154. The van der Waals surface area contributed by atoms with E-state index in [0.717, 1.165) is 5.69 Å². The monoisotopic (exact) mass is 239 g/mol. The molecule has 5 nitrogen and oxygen atoms in total. The van der Waals surface area contributed by atoms with Crippen LogP contribution in [0.2, 0.25) is 0 Å². The smallest absolute Gasteiger partial charge is 0.151 e. The van der Waals surface area contributed by atoms with Crippen molar-refractivity contribution >= 4 is 11.5 Å². The first-order chi connectivity index (χ1) is 8.72. The lowest BCUT2D eigenvalue weighted by molar-refractivity contribution is 0.832. The van der Waals surface area contributed by atoms with Gasteiger partial charge in [-0.15, -0.1) is 0 Å². The lowest BCUT2D eigenvalue weighted by Gasteiger charge is -2.15. The van der Waals surface area contributed by atoms with Crippen molar-refractivity contribution < 1.29 is 0 Å². The molecule has 0 fully saturated rings. The lowest BCUT2D eigenvalue weighted by Crippen LogP contribution is -2.11. The highest BCUT2D eigenvalue weighted by Crippen LogP contribution is 2.23. The van der Waals surface area contributed by atoms with Crippen molar-refractivity contribution in [3.8, 4) is 6.07 Å². The molecule has 0 radical (unpaired) electrons. The van der Waals surface area contributed by atoms with Gasteiger partial charge in [-0.1, -0.05) is 6.07 Å². The Hall–Kier alpha value is -2.61. The summed E-state index contributed by atoms with van der Waals surface area (Å²) < 4.78 is 0. The van der Waals surface area contributed by atoms with E-state index < -0.39 is 0 Å². The number of hydrogen-bond acceptors (Lipinski definition) is 5. The third kappa shape index (κ3) is 2.38. The number of nitriles is 1. The average molecular weight is 239 g/mol. The minimum absolute atomic E-state index is 0.0325. The molecule has 3 N–H and O–H groups in total.